The van der Waals surface area contributed by atoms with E-state index in [1.165, 1.54) is 4.90 Å². The van der Waals surface area contributed by atoms with Crippen molar-refractivity contribution in [2.75, 3.05) is 12.4 Å². The monoisotopic (exact) mass is 291 g/mol. The van der Waals surface area contributed by atoms with E-state index >= 15 is 0 Å². The maximum Gasteiger partial charge on any atom is 0.256 e. The Hall–Kier alpha value is -0.970. The molecular weight excluding hydrogens is 280 g/mol. The molecule has 0 spiro atoms. The molecule has 0 aromatic heterocycles. The lowest BCUT2D eigenvalue weighted by Gasteiger charge is -2.23. The van der Waals surface area contributed by atoms with Crippen LogP contribution in [0.15, 0.2) is 18.2 Å². The van der Waals surface area contributed by atoms with Crippen molar-refractivity contribution < 1.29 is 13.6 Å². The standard InChI is InChI=1S/C11H12BrF2NO/c1-7(6-12)15(2)11(16)9-4-3-8(13)5-10(9)14/h3-5,7H,6H2,1-2H3. The van der Waals surface area contributed by atoms with Gasteiger partial charge in [0.25, 0.3) is 5.91 Å². The first kappa shape index (κ1) is 13.1. The highest BCUT2D eigenvalue weighted by atomic mass is 79.9. The van der Waals surface area contributed by atoms with E-state index in [1.807, 2.05) is 6.92 Å². The Labute approximate surface area is 101 Å². The van der Waals surface area contributed by atoms with Crippen molar-refractivity contribution in [3.8, 4) is 0 Å². The summed E-state index contributed by atoms with van der Waals surface area (Å²) in [5.74, 6) is -1.98. The van der Waals surface area contributed by atoms with E-state index in [0.29, 0.717) is 11.4 Å². The van der Waals surface area contributed by atoms with Gasteiger partial charge < -0.3 is 4.90 Å². The van der Waals surface area contributed by atoms with Gasteiger partial charge in [0.15, 0.2) is 0 Å². The summed E-state index contributed by atoms with van der Waals surface area (Å²) in [6.45, 7) is 1.83. The molecule has 0 saturated heterocycles. The predicted molar refractivity (Wildman–Crippen MR) is 61.7 cm³/mol. The van der Waals surface area contributed by atoms with Crippen LogP contribution in [0.5, 0.6) is 0 Å². The number of rotatable bonds is 3. The number of benzene rings is 1. The van der Waals surface area contributed by atoms with E-state index in [0.717, 1.165) is 12.1 Å². The van der Waals surface area contributed by atoms with Gasteiger partial charge in [0.05, 0.1) is 5.56 Å². The van der Waals surface area contributed by atoms with Crippen molar-refractivity contribution in [1.29, 1.82) is 0 Å². The molecule has 2 nitrogen and oxygen atoms in total. The maximum atomic E-state index is 13.3. The average molecular weight is 292 g/mol. The highest BCUT2D eigenvalue weighted by molar-refractivity contribution is 9.09. The third kappa shape index (κ3) is 2.78. The van der Waals surface area contributed by atoms with Crippen LogP contribution in [-0.2, 0) is 0 Å². The van der Waals surface area contributed by atoms with E-state index in [9.17, 15) is 13.6 Å². The summed E-state index contributed by atoms with van der Waals surface area (Å²) >= 11 is 3.24. The maximum absolute atomic E-state index is 13.3. The van der Waals surface area contributed by atoms with Crippen LogP contribution < -0.4 is 0 Å². The Morgan fingerprint density at radius 2 is 2.12 bits per heavy atom. The van der Waals surface area contributed by atoms with E-state index in [1.54, 1.807) is 7.05 Å². The zero-order valence-electron chi connectivity index (χ0n) is 9.01. The molecule has 0 aliphatic carbocycles. The number of carbonyl (C=O) groups excluding carboxylic acids is 1. The lowest BCUT2D eigenvalue weighted by Crippen LogP contribution is -2.36. The molecule has 0 bridgehead atoms. The zero-order valence-corrected chi connectivity index (χ0v) is 10.6. The van der Waals surface area contributed by atoms with Crippen molar-refractivity contribution in [3.05, 3.63) is 35.4 Å². The Morgan fingerprint density at radius 1 is 1.50 bits per heavy atom. The molecule has 1 unspecified atom stereocenters. The van der Waals surface area contributed by atoms with E-state index in [-0.39, 0.29) is 11.6 Å². The molecule has 5 heteroatoms. The van der Waals surface area contributed by atoms with Crippen LogP contribution in [0.25, 0.3) is 0 Å². The fourth-order valence-electron chi connectivity index (χ4n) is 1.16. The van der Waals surface area contributed by atoms with Crippen LogP contribution in [0.3, 0.4) is 0 Å². The van der Waals surface area contributed by atoms with Crippen molar-refractivity contribution in [3.63, 3.8) is 0 Å². The summed E-state index contributed by atoms with van der Waals surface area (Å²) in [5, 5.41) is 0.595. The van der Waals surface area contributed by atoms with E-state index in [4.69, 9.17) is 0 Å². The summed E-state index contributed by atoms with van der Waals surface area (Å²) in [6.07, 6.45) is 0. The van der Waals surface area contributed by atoms with Crippen LogP contribution in [-0.4, -0.2) is 29.2 Å². The Morgan fingerprint density at radius 3 is 2.62 bits per heavy atom. The summed E-state index contributed by atoms with van der Waals surface area (Å²) in [5.41, 5.74) is -0.114. The molecule has 0 aliphatic heterocycles. The molecule has 1 rings (SSSR count). The number of amides is 1. The second-order valence-electron chi connectivity index (χ2n) is 3.54. The van der Waals surface area contributed by atoms with Crippen molar-refractivity contribution in [2.45, 2.75) is 13.0 Å². The van der Waals surface area contributed by atoms with Crippen LogP contribution in [0, 0.1) is 11.6 Å². The Kier molecular flexibility index (Phi) is 4.41. The smallest absolute Gasteiger partial charge is 0.256 e. The molecule has 88 valence electrons. The largest absolute Gasteiger partial charge is 0.338 e. The van der Waals surface area contributed by atoms with Crippen LogP contribution in [0.4, 0.5) is 8.78 Å². The molecule has 0 N–H and O–H groups in total. The van der Waals surface area contributed by atoms with Gasteiger partial charge in [0, 0.05) is 24.5 Å². The van der Waals surface area contributed by atoms with E-state index in [2.05, 4.69) is 15.9 Å². The molecule has 1 aromatic rings. The first-order valence-electron chi connectivity index (χ1n) is 4.75. The number of hydrogen-bond acceptors (Lipinski definition) is 1. The number of alkyl halides is 1. The number of carbonyl (C=O) groups is 1. The molecular formula is C11H12BrF2NO. The van der Waals surface area contributed by atoms with Crippen LogP contribution >= 0.6 is 15.9 Å². The molecule has 16 heavy (non-hydrogen) atoms. The quantitative estimate of drug-likeness (QED) is 0.784. The summed E-state index contributed by atoms with van der Waals surface area (Å²) in [6, 6.07) is 2.88. The van der Waals surface area contributed by atoms with Crippen molar-refractivity contribution in [2.24, 2.45) is 0 Å². The first-order chi connectivity index (χ1) is 7.47. The van der Waals surface area contributed by atoms with Gasteiger partial charge >= 0.3 is 0 Å². The third-order valence-corrected chi connectivity index (χ3v) is 3.30. The number of halogens is 3. The lowest BCUT2D eigenvalue weighted by molar-refractivity contribution is 0.0753. The molecule has 0 saturated carbocycles. The molecule has 0 aliphatic rings. The first-order valence-corrected chi connectivity index (χ1v) is 5.87. The average Bonchev–Trinajstić information content (AvgIpc) is 2.26. The molecule has 1 aromatic carbocycles. The zero-order chi connectivity index (χ0) is 12.3. The molecule has 0 heterocycles. The Balaban J connectivity index is 2.96. The highest BCUT2D eigenvalue weighted by Gasteiger charge is 2.19. The second-order valence-corrected chi connectivity index (χ2v) is 4.19. The molecule has 1 atom stereocenters. The van der Waals surface area contributed by atoms with Gasteiger partial charge in [0.1, 0.15) is 11.6 Å². The second kappa shape index (κ2) is 5.39. The SMILES string of the molecule is CC(CBr)N(C)C(=O)c1ccc(F)cc1F. The van der Waals surface area contributed by atoms with Gasteiger partial charge in [-0.05, 0) is 19.1 Å². The fourth-order valence-corrected chi connectivity index (χ4v) is 1.59. The summed E-state index contributed by atoms with van der Waals surface area (Å²) < 4.78 is 26.0. The summed E-state index contributed by atoms with van der Waals surface area (Å²) in [4.78, 5) is 13.2. The van der Waals surface area contributed by atoms with Crippen LogP contribution in [0.1, 0.15) is 17.3 Å². The molecule has 1 amide bonds. The van der Waals surface area contributed by atoms with Crippen molar-refractivity contribution >= 4 is 21.8 Å². The summed E-state index contributed by atoms with van der Waals surface area (Å²) in [7, 11) is 1.58. The van der Waals surface area contributed by atoms with Gasteiger partial charge in [-0.25, -0.2) is 8.78 Å². The molecule has 0 fully saturated rings. The van der Waals surface area contributed by atoms with Gasteiger partial charge in [0.2, 0.25) is 0 Å². The molecule has 0 radical (unpaired) electrons. The van der Waals surface area contributed by atoms with Gasteiger partial charge in [-0.3, -0.25) is 4.79 Å². The van der Waals surface area contributed by atoms with Crippen LogP contribution in [0.2, 0.25) is 0 Å². The minimum Gasteiger partial charge on any atom is -0.338 e. The van der Waals surface area contributed by atoms with Gasteiger partial charge in [-0.1, -0.05) is 15.9 Å². The number of hydrogen-bond donors (Lipinski definition) is 0. The normalized spacial score (nSPS) is 12.3. The van der Waals surface area contributed by atoms with E-state index < -0.39 is 17.5 Å². The highest BCUT2D eigenvalue weighted by Crippen LogP contribution is 2.13. The van der Waals surface area contributed by atoms with Gasteiger partial charge in [-0.2, -0.15) is 0 Å². The third-order valence-electron chi connectivity index (χ3n) is 2.37. The minimum absolute atomic E-state index is 0.0584. The topological polar surface area (TPSA) is 20.3 Å². The predicted octanol–water partition coefficient (Wildman–Crippen LogP) is 2.82. The fraction of sp³-hybridized carbons (Fsp3) is 0.364. The lowest BCUT2D eigenvalue weighted by atomic mass is 10.1. The minimum atomic E-state index is -0.835. The van der Waals surface area contributed by atoms with Gasteiger partial charge in [-0.15, -0.1) is 0 Å². The number of nitrogens with zero attached hydrogens (tertiary/aromatic N) is 1. The van der Waals surface area contributed by atoms with Crippen molar-refractivity contribution in [1.82, 2.24) is 4.90 Å². The Bertz CT molecular complexity index is 398.